The van der Waals surface area contributed by atoms with Crippen LogP contribution in [-0.4, -0.2) is 36.6 Å². The molecule has 0 aliphatic carbocycles. The largest absolute Gasteiger partial charge is 0.310 e. The van der Waals surface area contributed by atoms with Gasteiger partial charge in [-0.25, -0.2) is 0 Å². The van der Waals surface area contributed by atoms with E-state index in [0.29, 0.717) is 5.54 Å². The zero-order chi connectivity index (χ0) is 11.3. The Balaban J connectivity index is 2.63. The molecule has 1 heterocycles. The van der Waals surface area contributed by atoms with Crippen LogP contribution >= 0.6 is 0 Å². The Labute approximate surface area is 94.7 Å². The SMILES string of the molecule is C=C(C)CN1CCCNC(CC)(CC)C1. The summed E-state index contributed by atoms with van der Waals surface area (Å²) in [7, 11) is 0. The van der Waals surface area contributed by atoms with E-state index in [0.717, 1.165) is 13.1 Å². The normalized spacial score (nSPS) is 22.3. The van der Waals surface area contributed by atoms with Crippen molar-refractivity contribution in [2.24, 2.45) is 0 Å². The summed E-state index contributed by atoms with van der Waals surface area (Å²) in [6, 6.07) is 0. The molecule has 15 heavy (non-hydrogen) atoms. The third kappa shape index (κ3) is 3.62. The Bertz CT molecular complexity index is 207. The maximum atomic E-state index is 4.02. The van der Waals surface area contributed by atoms with E-state index in [4.69, 9.17) is 0 Å². The lowest BCUT2D eigenvalue weighted by Crippen LogP contribution is -2.50. The van der Waals surface area contributed by atoms with Gasteiger partial charge >= 0.3 is 0 Å². The summed E-state index contributed by atoms with van der Waals surface area (Å²) in [6.07, 6.45) is 3.70. The predicted molar refractivity (Wildman–Crippen MR) is 67.2 cm³/mol. The Morgan fingerprint density at radius 2 is 2.07 bits per heavy atom. The third-order valence-corrected chi connectivity index (χ3v) is 3.52. The second kappa shape index (κ2) is 5.66. The summed E-state index contributed by atoms with van der Waals surface area (Å²) in [6.45, 7) is 15.3. The van der Waals surface area contributed by atoms with E-state index in [9.17, 15) is 0 Å². The van der Waals surface area contributed by atoms with Crippen LogP contribution in [0.5, 0.6) is 0 Å². The molecule has 1 fully saturated rings. The van der Waals surface area contributed by atoms with Gasteiger partial charge in [-0.2, -0.15) is 0 Å². The molecule has 2 heteroatoms. The summed E-state index contributed by atoms with van der Waals surface area (Å²) < 4.78 is 0. The predicted octanol–water partition coefficient (Wildman–Crippen LogP) is 2.42. The average Bonchev–Trinajstić information content (AvgIpc) is 2.40. The first kappa shape index (κ1) is 12.7. The molecule has 0 aromatic carbocycles. The van der Waals surface area contributed by atoms with Gasteiger partial charge in [0.1, 0.15) is 0 Å². The minimum absolute atomic E-state index is 0.339. The first-order valence-electron chi connectivity index (χ1n) is 6.23. The molecule has 0 amide bonds. The van der Waals surface area contributed by atoms with Gasteiger partial charge < -0.3 is 5.32 Å². The maximum absolute atomic E-state index is 4.02. The lowest BCUT2D eigenvalue weighted by Gasteiger charge is -2.35. The zero-order valence-electron chi connectivity index (χ0n) is 10.6. The molecule has 0 bridgehead atoms. The van der Waals surface area contributed by atoms with Crippen molar-refractivity contribution in [2.75, 3.05) is 26.2 Å². The topological polar surface area (TPSA) is 15.3 Å². The van der Waals surface area contributed by atoms with Gasteiger partial charge in [-0.1, -0.05) is 26.0 Å². The van der Waals surface area contributed by atoms with Crippen molar-refractivity contribution in [3.63, 3.8) is 0 Å². The van der Waals surface area contributed by atoms with Crippen molar-refractivity contribution in [3.05, 3.63) is 12.2 Å². The Hall–Kier alpha value is -0.340. The molecule has 0 aromatic rings. The van der Waals surface area contributed by atoms with E-state index in [1.54, 1.807) is 0 Å². The second-order valence-electron chi connectivity index (χ2n) is 4.94. The molecule has 0 unspecified atom stereocenters. The van der Waals surface area contributed by atoms with Gasteiger partial charge in [0.05, 0.1) is 0 Å². The average molecular weight is 210 g/mol. The van der Waals surface area contributed by atoms with Gasteiger partial charge in [0.2, 0.25) is 0 Å². The Kier molecular flexibility index (Phi) is 4.81. The fraction of sp³-hybridized carbons (Fsp3) is 0.846. The Morgan fingerprint density at radius 1 is 1.40 bits per heavy atom. The molecule has 2 nitrogen and oxygen atoms in total. The summed E-state index contributed by atoms with van der Waals surface area (Å²) >= 11 is 0. The molecule has 88 valence electrons. The number of nitrogens with one attached hydrogen (secondary N) is 1. The standard InChI is InChI=1S/C13H26N2/c1-5-13(6-2)11-15(10-12(3)4)9-7-8-14-13/h14H,3,5-11H2,1-2,4H3. The van der Waals surface area contributed by atoms with Crippen LogP contribution in [0.15, 0.2) is 12.2 Å². The van der Waals surface area contributed by atoms with E-state index >= 15 is 0 Å². The molecule has 1 saturated heterocycles. The molecule has 0 atom stereocenters. The molecule has 0 saturated carbocycles. The van der Waals surface area contributed by atoms with Gasteiger partial charge in [-0.3, -0.25) is 4.90 Å². The number of hydrogen-bond acceptors (Lipinski definition) is 2. The van der Waals surface area contributed by atoms with E-state index in [2.05, 4.69) is 37.6 Å². The first-order chi connectivity index (χ1) is 7.12. The van der Waals surface area contributed by atoms with E-state index < -0.39 is 0 Å². The van der Waals surface area contributed by atoms with Crippen LogP contribution in [0.4, 0.5) is 0 Å². The van der Waals surface area contributed by atoms with Crippen molar-refractivity contribution < 1.29 is 0 Å². The highest BCUT2D eigenvalue weighted by molar-refractivity contribution is 4.97. The van der Waals surface area contributed by atoms with Crippen LogP contribution < -0.4 is 5.32 Å². The lowest BCUT2D eigenvalue weighted by molar-refractivity contribution is 0.208. The molecule has 1 N–H and O–H groups in total. The van der Waals surface area contributed by atoms with Crippen molar-refractivity contribution >= 4 is 0 Å². The van der Waals surface area contributed by atoms with Crippen LogP contribution in [0.3, 0.4) is 0 Å². The Morgan fingerprint density at radius 3 is 2.60 bits per heavy atom. The maximum Gasteiger partial charge on any atom is 0.0303 e. The highest BCUT2D eigenvalue weighted by Gasteiger charge is 2.29. The molecule has 0 spiro atoms. The van der Waals surface area contributed by atoms with Crippen LogP contribution in [0.25, 0.3) is 0 Å². The van der Waals surface area contributed by atoms with E-state index in [1.165, 1.54) is 37.9 Å². The highest BCUT2D eigenvalue weighted by atomic mass is 15.2. The molecule has 0 aromatic heterocycles. The summed E-state index contributed by atoms with van der Waals surface area (Å²) in [4.78, 5) is 2.55. The smallest absolute Gasteiger partial charge is 0.0303 e. The van der Waals surface area contributed by atoms with Crippen LogP contribution in [0, 0.1) is 0 Å². The lowest BCUT2D eigenvalue weighted by atomic mass is 9.92. The summed E-state index contributed by atoms with van der Waals surface area (Å²) in [5.74, 6) is 0. The first-order valence-corrected chi connectivity index (χ1v) is 6.23. The fourth-order valence-corrected chi connectivity index (χ4v) is 2.46. The van der Waals surface area contributed by atoms with Crippen LogP contribution in [0.2, 0.25) is 0 Å². The van der Waals surface area contributed by atoms with Crippen molar-refractivity contribution in [2.45, 2.75) is 45.6 Å². The molecular formula is C13H26N2. The monoisotopic (exact) mass is 210 g/mol. The van der Waals surface area contributed by atoms with E-state index in [-0.39, 0.29) is 0 Å². The number of rotatable bonds is 4. The van der Waals surface area contributed by atoms with Crippen molar-refractivity contribution in [1.82, 2.24) is 10.2 Å². The van der Waals surface area contributed by atoms with Gasteiger partial charge in [-0.15, -0.1) is 0 Å². The minimum atomic E-state index is 0.339. The van der Waals surface area contributed by atoms with E-state index in [1.807, 2.05) is 0 Å². The third-order valence-electron chi connectivity index (χ3n) is 3.52. The highest BCUT2D eigenvalue weighted by Crippen LogP contribution is 2.20. The minimum Gasteiger partial charge on any atom is -0.310 e. The van der Waals surface area contributed by atoms with Gasteiger partial charge in [-0.05, 0) is 39.3 Å². The number of nitrogens with zero attached hydrogens (tertiary/aromatic N) is 1. The molecule has 0 radical (unpaired) electrons. The van der Waals surface area contributed by atoms with Crippen molar-refractivity contribution in [3.8, 4) is 0 Å². The molecule has 1 aliphatic rings. The molecule has 1 rings (SSSR count). The summed E-state index contributed by atoms with van der Waals surface area (Å²) in [5.41, 5.74) is 1.62. The quantitative estimate of drug-likeness (QED) is 0.717. The van der Waals surface area contributed by atoms with Gasteiger partial charge in [0, 0.05) is 18.6 Å². The summed E-state index contributed by atoms with van der Waals surface area (Å²) in [5, 5.41) is 3.73. The zero-order valence-corrected chi connectivity index (χ0v) is 10.6. The van der Waals surface area contributed by atoms with Crippen molar-refractivity contribution in [1.29, 1.82) is 0 Å². The fourth-order valence-electron chi connectivity index (χ4n) is 2.46. The van der Waals surface area contributed by atoms with Gasteiger partial charge in [0.15, 0.2) is 0 Å². The second-order valence-corrected chi connectivity index (χ2v) is 4.94. The van der Waals surface area contributed by atoms with Crippen LogP contribution in [-0.2, 0) is 0 Å². The molecule has 1 aliphatic heterocycles. The number of hydrogen-bond donors (Lipinski definition) is 1. The van der Waals surface area contributed by atoms with Gasteiger partial charge in [0.25, 0.3) is 0 Å². The molecular weight excluding hydrogens is 184 g/mol. The van der Waals surface area contributed by atoms with Crippen LogP contribution in [0.1, 0.15) is 40.0 Å².